The van der Waals surface area contributed by atoms with Gasteiger partial charge < -0.3 is 0 Å². The zero-order chi connectivity index (χ0) is 90.7. The summed E-state index contributed by atoms with van der Waals surface area (Å²) < 4.78 is 9.15. The van der Waals surface area contributed by atoms with Gasteiger partial charge in [-0.3, -0.25) is 57.5 Å². The molecule has 140 heavy (non-hydrogen) atoms. The number of aromatic nitrogens is 16. The molecule has 0 saturated carbocycles. The third-order valence-electron chi connectivity index (χ3n) is 32.0. The van der Waals surface area contributed by atoms with Gasteiger partial charge in [0.1, 0.15) is 22.5 Å². The molecule has 12 aromatic carbocycles. The van der Waals surface area contributed by atoms with Crippen molar-refractivity contribution in [3.63, 3.8) is 0 Å². The summed E-state index contributed by atoms with van der Waals surface area (Å²) in [4.78, 5) is 56.4. The second kappa shape index (κ2) is 27.7. The van der Waals surface area contributed by atoms with E-state index in [2.05, 4.69) is 295 Å². The summed E-state index contributed by atoms with van der Waals surface area (Å²) >= 11 is 0. The number of hydrogen-bond donors (Lipinski definition) is 0. The lowest BCUT2D eigenvalue weighted by Crippen LogP contribution is -1.93. The molecule has 0 bridgehead atoms. The zero-order valence-corrected chi connectivity index (χ0v) is 75.1. The number of rotatable bonds is 0. The van der Waals surface area contributed by atoms with Crippen LogP contribution in [0.4, 0.5) is 0 Å². The predicted molar refractivity (Wildman–Crippen MR) is 559 cm³/mol. The molecule has 0 aliphatic heterocycles. The van der Waals surface area contributed by atoms with Crippen molar-refractivity contribution in [2.45, 2.75) is 51.4 Å². The third kappa shape index (κ3) is 10.3. The standard InChI is InChI=1S/4C31H18N4/c1-2-5-19-17(4-1)12-24-20(19)7-8-21-23-15-29-27(14-18(23)13-25(21)24)34-31-22-6-3-10-33-30(22)26-16-32-11-9-28(26)35(29)31;1-2-5-19-17(4-1)12-24-20(19)7-8-21-23-15-29-27(14-18(23)13-25(21)24)34-31-30-22(6-3-10-33-30)26-16-32-11-9-28(26)35(29)31;1-2-4-19-17(3-1)11-24-20(19)5-6-21-23-14-30-28(13-18(23)12-25(21)24)34-31-22-7-9-32-15-26(22)27-16-33-10-8-29(27)35(30)31;1-2-4-19-17(3-1)11-24-20(19)5-6-21-23-14-30-28(13-18(23)12-25(21)24)34-31-27-16-32-9-7-22(27)26-15-33-10-8-29(26)35(30)31/h2*1-11,14-16H,12-13H2;2*1-10,13-16H,11-12H2. The van der Waals surface area contributed by atoms with E-state index in [4.69, 9.17) is 24.9 Å². The highest BCUT2D eigenvalue weighted by atomic mass is 15.1. The van der Waals surface area contributed by atoms with Crippen LogP contribution < -0.4 is 0 Å². The summed E-state index contributed by atoms with van der Waals surface area (Å²) in [7, 11) is 0. The predicted octanol–water partition coefficient (Wildman–Crippen LogP) is 26.9. The molecule has 0 fully saturated rings. The smallest absolute Gasteiger partial charge is 0.165 e. The zero-order valence-electron chi connectivity index (χ0n) is 75.1. The van der Waals surface area contributed by atoms with Gasteiger partial charge >= 0.3 is 0 Å². The van der Waals surface area contributed by atoms with Crippen LogP contribution in [0.5, 0.6) is 0 Å². The molecule has 0 radical (unpaired) electrons. The Morgan fingerprint density at radius 2 is 0.443 bits per heavy atom. The van der Waals surface area contributed by atoms with E-state index in [9.17, 15) is 0 Å². The van der Waals surface area contributed by atoms with E-state index in [1.807, 2.05) is 98.9 Å². The summed E-state index contributed by atoms with van der Waals surface area (Å²) in [6.07, 6.45) is 34.4. The molecule has 28 aromatic rings. The fourth-order valence-electron chi connectivity index (χ4n) is 26.0. The molecule has 0 unspecified atom stereocenters. The highest BCUT2D eigenvalue weighted by Gasteiger charge is 2.36. The first-order valence-electron chi connectivity index (χ1n) is 48.1. The van der Waals surface area contributed by atoms with E-state index in [1.165, 1.54) is 178 Å². The van der Waals surface area contributed by atoms with Gasteiger partial charge in [0.05, 0.1) is 71.7 Å². The number of fused-ring (bicyclic) bond motifs is 60. The Morgan fingerprint density at radius 3 is 0.843 bits per heavy atom. The fraction of sp³-hybridized carbons (Fsp3) is 0.0645. The van der Waals surface area contributed by atoms with E-state index in [0.29, 0.717) is 0 Å². The number of pyridine rings is 12. The lowest BCUT2D eigenvalue weighted by atomic mass is 9.96. The second-order valence-electron chi connectivity index (χ2n) is 38.8. The number of nitrogens with zero attached hydrogens (tertiary/aromatic N) is 16. The third-order valence-corrected chi connectivity index (χ3v) is 32.0. The van der Waals surface area contributed by atoms with Crippen molar-refractivity contribution >= 4 is 154 Å². The molecule has 16 aromatic heterocycles. The molecule has 16 nitrogen and oxygen atoms in total. The van der Waals surface area contributed by atoms with Gasteiger partial charge in [-0.25, -0.2) is 19.9 Å². The normalized spacial score (nSPS) is 13.5. The van der Waals surface area contributed by atoms with Crippen molar-refractivity contribution in [3.8, 4) is 89.0 Å². The molecule has 0 N–H and O–H groups in total. The molecule has 648 valence electrons. The van der Waals surface area contributed by atoms with E-state index < -0.39 is 0 Å². The molecule has 16 heteroatoms. The minimum absolute atomic E-state index is 0.905. The van der Waals surface area contributed by atoms with Crippen LogP contribution in [-0.4, -0.2) is 77.4 Å². The number of hydrogen-bond acceptors (Lipinski definition) is 12. The van der Waals surface area contributed by atoms with Gasteiger partial charge in [-0.05, 0) is 338 Å². The van der Waals surface area contributed by atoms with Gasteiger partial charge in [0.2, 0.25) is 0 Å². The molecule has 8 aliphatic rings. The summed E-state index contributed by atoms with van der Waals surface area (Å²) in [5.41, 5.74) is 63.9. The van der Waals surface area contributed by atoms with Crippen LogP contribution in [0.2, 0.25) is 0 Å². The number of imidazole rings is 4. The maximum Gasteiger partial charge on any atom is 0.165 e. The maximum absolute atomic E-state index is 5.15. The summed E-state index contributed by atoms with van der Waals surface area (Å²) in [6.45, 7) is 0. The molecule has 0 saturated heterocycles. The Morgan fingerprint density at radius 1 is 0.164 bits per heavy atom. The largest absolute Gasteiger partial charge is 0.292 e. The van der Waals surface area contributed by atoms with Crippen LogP contribution in [-0.2, 0) is 51.4 Å². The van der Waals surface area contributed by atoms with Gasteiger partial charge in [0.15, 0.2) is 5.65 Å². The summed E-state index contributed by atoms with van der Waals surface area (Å²) in [6, 6.07) is 93.2. The van der Waals surface area contributed by atoms with Crippen molar-refractivity contribution in [1.29, 1.82) is 0 Å². The highest BCUT2D eigenvalue weighted by molar-refractivity contribution is 6.18. The van der Waals surface area contributed by atoms with Crippen molar-refractivity contribution in [2.24, 2.45) is 0 Å². The number of benzene rings is 12. The van der Waals surface area contributed by atoms with Crippen LogP contribution in [0.3, 0.4) is 0 Å². The second-order valence-corrected chi connectivity index (χ2v) is 38.8. The van der Waals surface area contributed by atoms with Gasteiger partial charge in [-0.1, -0.05) is 152 Å². The van der Waals surface area contributed by atoms with Crippen molar-refractivity contribution in [2.75, 3.05) is 0 Å². The average Bonchev–Trinajstić information content (AvgIpc) is 1.55. The Labute approximate surface area is 796 Å². The minimum atomic E-state index is 0.905. The molecule has 16 heterocycles. The summed E-state index contributed by atoms with van der Waals surface area (Å²) in [5.74, 6) is 0. The Hall–Kier alpha value is -18.3. The van der Waals surface area contributed by atoms with Crippen molar-refractivity contribution in [1.82, 2.24) is 77.4 Å². The van der Waals surface area contributed by atoms with Gasteiger partial charge in [0.25, 0.3) is 0 Å². The van der Waals surface area contributed by atoms with E-state index >= 15 is 0 Å². The van der Waals surface area contributed by atoms with E-state index in [-0.39, 0.29) is 0 Å². The summed E-state index contributed by atoms with van der Waals surface area (Å²) in [5, 5.41) is 10.9. The Kier molecular flexibility index (Phi) is 14.9. The highest BCUT2D eigenvalue weighted by Crippen LogP contribution is 2.55. The molecule has 8 aliphatic carbocycles. The molecular formula is C124H72N16. The van der Waals surface area contributed by atoms with Gasteiger partial charge in [0, 0.05) is 135 Å². The van der Waals surface area contributed by atoms with Crippen LogP contribution in [0.25, 0.3) is 243 Å². The molecule has 36 rings (SSSR count). The van der Waals surface area contributed by atoms with Crippen LogP contribution in [0.15, 0.2) is 342 Å². The maximum atomic E-state index is 5.15. The Bertz CT molecular complexity index is 9460. The van der Waals surface area contributed by atoms with Crippen LogP contribution in [0, 0.1) is 0 Å². The van der Waals surface area contributed by atoms with E-state index in [0.717, 1.165) is 205 Å². The first-order valence-corrected chi connectivity index (χ1v) is 48.1. The molecule has 0 atom stereocenters. The van der Waals surface area contributed by atoms with Gasteiger partial charge in [-0.15, -0.1) is 0 Å². The topological polar surface area (TPSA) is 172 Å². The first kappa shape index (κ1) is 75.1. The molecule has 0 spiro atoms. The van der Waals surface area contributed by atoms with Crippen LogP contribution >= 0.6 is 0 Å². The quantitative estimate of drug-likeness (QED) is 0.132. The monoisotopic (exact) mass is 1780 g/mol. The van der Waals surface area contributed by atoms with Gasteiger partial charge in [-0.2, -0.15) is 0 Å². The van der Waals surface area contributed by atoms with Crippen molar-refractivity contribution < 1.29 is 0 Å². The fourth-order valence-corrected chi connectivity index (χ4v) is 26.0. The SMILES string of the molecule is c1ccc2c(c1)Cc1c-2ccc2c1Cc1cc3nc4c5cccnc5c5cnccc5n4c3cc1-2.c1ccc2c(c1)Cc1c-2ccc2c1Cc1cc3nc4c5ccncc5c5cnccc5n4c3cc1-2.c1ccc2c(c1)Cc1c-2ccc2c1Cc1cc3nc4c5cnccc5c5cnccc5n4c3cc1-2.c1ccc2c(c1)Cc1c-2ccc2c1Cc1cc3nc4c5ncccc5c5cnccc5n4c3cc1-2. The lowest BCUT2D eigenvalue weighted by Gasteiger charge is -2.09. The molecule has 0 amide bonds. The van der Waals surface area contributed by atoms with Crippen molar-refractivity contribution in [3.05, 3.63) is 431 Å². The van der Waals surface area contributed by atoms with Crippen LogP contribution in [0.1, 0.15) is 89.0 Å². The van der Waals surface area contributed by atoms with E-state index in [1.54, 1.807) is 0 Å². The average molecular weight is 1790 g/mol. The first-order chi connectivity index (χ1) is 69.4. The minimum Gasteiger partial charge on any atom is -0.292 e. The molecular weight excluding hydrogens is 1710 g/mol. The Balaban J connectivity index is 0.0000000829. The lowest BCUT2D eigenvalue weighted by molar-refractivity contribution is 1.16.